The van der Waals surface area contributed by atoms with Crippen molar-refractivity contribution in [3.8, 4) is 0 Å². The summed E-state index contributed by atoms with van der Waals surface area (Å²) in [6.45, 7) is 6.64. The van der Waals surface area contributed by atoms with Gasteiger partial charge in [-0.3, -0.25) is 14.6 Å². The number of rotatable bonds is 6. The minimum atomic E-state index is -0.388. The van der Waals surface area contributed by atoms with Crippen molar-refractivity contribution in [1.29, 1.82) is 0 Å². The number of hydrogen-bond donors (Lipinski definition) is 1. The fourth-order valence-electron chi connectivity index (χ4n) is 3.23. The van der Waals surface area contributed by atoms with Gasteiger partial charge in [-0.2, -0.15) is 0 Å². The summed E-state index contributed by atoms with van der Waals surface area (Å²) >= 11 is 5.85. The maximum Gasteiger partial charge on any atom is 0.238 e. The Bertz CT molecular complexity index is 773. The Morgan fingerprint density at radius 2 is 1.67 bits per heavy atom. The van der Waals surface area contributed by atoms with Gasteiger partial charge in [0.1, 0.15) is 5.82 Å². The van der Waals surface area contributed by atoms with Gasteiger partial charge in [-0.05, 0) is 41.8 Å². The molecule has 0 bridgehead atoms. The summed E-state index contributed by atoms with van der Waals surface area (Å²) in [5, 5.41) is 3.12. The second-order valence-electron chi connectivity index (χ2n) is 6.90. The average molecular weight is 390 g/mol. The van der Waals surface area contributed by atoms with Gasteiger partial charge in [0, 0.05) is 38.4 Å². The highest BCUT2D eigenvalue weighted by atomic mass is 35.5. The summed E-state index contributed by atoms with van der Waals surface area (Å²) in [5.74, 6) is -0.376. The fourth-order valence-corrected chi connectivity index (χ4v) is 3.43. The molecule has 1 heterocycles. The van der Waals surface area contributed by atoms with Gasteiger partial charge in [0.2, 0.25) is 5.91 Å². The molecule has 1 aliphatic heterocycles. The normalized spacial score (nSPS) is 15.7. The maximum absolute atomic E-state index is 13.3. The maximum atomic E-state index is 13.3. The number of benzene rings is 2. The third-order valence-electron chi connectivity index (χ3n) is 4.87. The first kappa shape index (κ1) is 19.8. The number of amides is 1. The van der Waals surface area contributed by atoms with E-state index in [2.05, 4.69) is 22.0 Å². The molecule has 0 aromatic heterocycles. The van der Waals surface area contributed by atoms with Crippen molar-refractivity contribution in [2.24, 2.45) is 0 Å². The summed E-state index contributed by atoms with van der Waals surface area (Å²) < 4.78 is 13.3. The molecule has 0 saturated carbocycles. The molecule has 1 amide bonds. The zero-order valence-corrected chi connectivity index (χ0v) is 16.3. The van der Waals surface area contributed by atoms with Crippen molar-refractivity contribution in [3.05, 3.63) is 64.4 Å². The number of aryl methyl sites for hydroxylation is 1. The molecular formula is C21H25ClFN3O. The largest absolute Gasteiger partial charge is 0.325 e. The van der Waals surface area contributed by atoms with E-state index in [4.69, 9.17) is 11.6 Å². The van der Waals surface area contributed by atoms with Crippen molar-refractivity contribution >= 4 is 23.2 Å². The zero-order valence-electron chi connectivity index (χ0n) is 15.5. The smallest absolute Gasteiger partial charge is 0.238 e. The topological polar surface area (TPSA) is 35.6 Å². The number of nitrogens with zero attached hydrogens (tertiary/aromatic N) is 2. The molecule has 0 aliphatic carbocycles. The van der Waals surface area contributed by atoms with Crippen LogP contribution in [0.2, 0.25) is 5.02 Å². The highest BCUT2D eigenvalue weighted by Crippen LogP contribution is 2.18. The Kier molecular flexibility index (Phi) is 6.83. The van der Waals surface area contributed by atoms with Crippen molar-refractivity contribution in [2.45, 2.75) is 19.9 Å². The Balaban J connectivity index is 1.43. The summed E-state index contributed by atoms with van der Waals surface area (Å²) in [5.41, 5.74) is 3.10. The van der Waals surface area contributed by atoms with E-state index in [1.54, 1.807) is 12.1 Å². The van der Waals surface area contributed by atoms with Crippen molar-refractivity contribution in [1.82, 2.24) is 9.80 Å². The predicted molar refractivity (Wildman–Crippen MR) is 108 cm³/mol. The van der Waals surface area contributed by atoms with Crippen LogP contribution in [0, 0.1) is 5.82 Å². The molecule has 6 heteroatoms. The van der Waals surface area contributed by atoms with E-state index < -0.39 is 0 Å². The second kappa shape index (κ2) is 9.31. The number of nitrogens with one attached hydrogen (secondary N) is 1. The van der Waals surface area contributed by atoms with E-state index in [1.165, 1.54) is 11.6 Å². The lowest BCUT2D eigenvalue weighted by atomic mass is 10.1. The number of hydrogen-bond acceptors (Lipinski definition) is 3. The van der Waals surface area contributed by atoms with Gasteiger partial charge in [0.05, 0.1) is 11.6 Å². The van der Waals surface area contributed by atoms with Crippen LogP contribution in [-0.2, 0) is 17.8 Å². The van der Waals surface area contributed by atoms with E-state index in [9.17, 15) is 9.18 Å². The third-order valence-corrected chi connectivity index (χ3v) is 5.16. The van der Waals surface area contributed by atoms with Gasteiger partial charge < -0.3 is 5.32 Å². The number of anilines is 1. The van der Waals surface area contributed by atoms with E-state index in [0.717, 1.165) is 50.4 Å². The Morgan fingerprint density at radius 3 is 2.30 bits per heavy atom. The molecule has 1 aliphatic rings. The first-order chi connectivity index (χ1) is 13.0. The summed E-state index contributed by atoms with van der Waals surface area (Å²) in [6, 6.07) is 12.8. The van der Waals surface area contributed by atoms with Gasteiger partial charge in [-0.25, -0.2) is 4.39 Å². The average Bonchev–Trinajstić information content (AvgIpc) is 2.67. The molecule has 4 nitrogen and oxygen atoms in total. The molecule has 0 spiro atoms. The number of carbonyl (C=O) groups is 1. The Labute approximate surface area is 164 Å². The summed E-state index contributed by atoms with van der Waals surface area (Å²) in [4.78, 5) is 16.7. The molecule has 3 rings (SSSR count). The lowest BCUT2D eigenvalue weighted by molar-refractivity contribution is -0.117. The zero-order chi connectivity index (χ0) is 19.2. The van der Waals surface area contributed by atoms with Crippen LogP contribution in [0.1, 0.15) is 18.1 Å². The first-order valence-corrected chi connectivity index (χ1v) is 9.68. The minimum Gasteiger partial charge on any atom is -0.325 e. The molecule has 1 saturated heterocycles. The van der Waals surface area contributed by atoms with Crippen LogP contribution in [0.15, 0.2) is 42.5 Å². The molecule has 2 aromatic carbocycles. The number of halogens is 2. The molecule has 0 radical (unpaired) electrons. The van der Waals surface area contributed by atoms with Crippen LogP contribution in [0.25, 0.3) is 0 Å². The van der Waals surface area contributed by atoms with E-state index >= 15 is 0 Å². The quantitative estimate of drug-likeness (QED) is 0.816. The highest BCUT2D eigenvalue weighted by molar-refractivity contribution is 6.30. The van der Waals surface area contributed by atoms with Crippen molar-refractivity contribution in [3.63, 3.8) is 0 Å². The monoisotopic (exact) mass is 389 g/mol. The first-order valence-electron chi connectivity index (χ1n) is 9.31. The molecule has 1 fully saturated rings. The van der Waals surface area contributed by atoms with E-state index in [0.29, 0.717) is 6.54 Å². The standard InChI is InChI=1S/C21H25ClFN3O/c1-2-16-3-6-18(7-4-16)24-21(27)15-26-11-9-25(10-12-26)14-17-5-8-20(23)19(22)13-17/h3-8,13H,2,9-12,14-15H2,1H3,(H,24,27). The van der Waals surface area contributed by atoms with Gasteiger partial charge >= 0.3 is 0 Å². The Morgan fingerprint density at radius 1 is 1.04 bits per heavy atom. The predicted octanol–water partition coefficient (Wildman–Crippen LogP) is 3.80. The van der Waals surface area contributed by atoms with Crippen LogP contribution >= 0.6 is 11.6 Å². The molecule has 0 unspecified atom stereocenters. The Hall–Kier alpha value is -1.95. The van der Waals surface area contributed by atoms with Crippen molar-refractivity contribution in [2.75, 3.05) is 38.0 Å². The summed E-state index contributed by atoms with van der Waals surface area (Å²) in [7, 11) is 0. The third kappa shape index (κ3) is 5.76. The lowest BCUT2D eigenvalue weighted by Gasteiger charge is -2.34. The van der Waals surface area contributed by atoms with Gasteiger partial charge in [-0.1, -0.05) is 36.7 Å². The summed E-state index contributed by atoms with van der Waals surface area (Å²) in [6.07, 6.45) is 0.989. The highest BCUT2D eigenvalue weighted by Gasteiger charge is 2.19. The molecule has 1 N–H and O–H groups in total. The fraction of sp³-hybridized carbons (Fsp3) is 0.381. The number of piperazine rings is 1. The van der Waals surface area contributed by atoms with Crippen LogP contribution in [0.3, 0.4) is 0 Å². The number of carbonyl (C=O) groups excluding carboxylic acids is 1. The molecule has 2 aromatic rings. The molecule has 0 atom stereocenters. The van der Waals surface area contributed by atoms with Crippen LogP contribution in [0.5, 0.6) is 0 Å². The molecule has 144 valence electrons. The SMILES string of the molecule is CCc1ccc(NC(=O)CN2CCN(Cc3ccc(F)c(Cl)c3)CC2)cc1. The van der Waals surface area contributed by atoms with Gasteiger partial charge in [0.25, 0.3) is 0 Å². The van der Waals surface area contributed by atoms with Gasteiger partial charge in [0.15, 0.2) is 0 Å². The van der Waals surface area contributed by atoms with E-state index in [-0.39, 0.29) is 16.7 Å². The molecular weight excluding hydrogens is 365 g/mol. The molecule has 27 heavy (non-hydrogen) atoms. The second-order valence-corrected chi connectivity index (χ2v) is 7.31. The lowest BCUT2D eigenvalue weighted by Crippen LogP contribution is -2.48. The van der Waals surface area contributed by atoms with Crippen LogP contribution < -0.4 is 5.32 Å². The van der Waals surface area contributed by atoms with Crippen LogP contribution in [0.4, 0.5) is 10.1 Å². The minimum absolute atomic E-state index is 0.0121. The van der Waals surface area contributed by atoms with E-state index in [1.807, 2.05) is 24.3 Å². The van der Waals surface area contributed by atoms with Gasteiger partial charge in [-0.15, -0.1) is 0 Å². The van der Waals surface area contributed by atoms with Crippen LogP contribution in [-0.4, -0.2) is 48.4 Å². The van der Waals surface area contributed by atoms with Crippen molar-refractivity contribution < 1.29 is 9.18 Å².